The average molecular weight is 416 g/mol. The smallest absolute Gasteiger partial charge is 0.254 e. The van der Waals surface area contributed by atoms with E-state index in [1.54, 1.807) is 19.1 Å². The predicted octanol–water partition coefficient (Wildman–Crippen LogP) is 2.64. The van der Waals surface area contributed by atoms with E-state index >= 15 is 0 Å². The molecule has 0 aromatic heterocycles. The minimum atomic E-state index is -1.06. The molecule has 2 aliphatic rings. The molecule has 2 aromatic carbocycles. The van der Waals surface area contributed by atoms with E-state index in [2.05, 4.69) is 0 Å². The number of methoxy groups -OCH3 is 2. The van der Waals surface area contributed by atoms with Crippen LogP contribution in [0.5, 0.6) is 11.5 Å². The number of carbonyl (C=O) groups is 2. The Morgan fingerprint density at radius 3 is 2.23 bits per heavy atom. The molecule has 158 valence electrons. The van der Waals surface area contributed by atoms with Gasteiger partial charge in [-0.2, -0.15) is 0 Å². The van der Waals surface area contributed by atoms with Crippen molar-refractivity contribution in [2.24, 2.45) is 5.92 Å². The van der Waals surface area contributed by atoms with Crippen LogP contribution in [0.25, 0.3) is 0 Å². The molecule has 4 rings (SSSR count). The zero-order valence-electron chi connectivity index (χ0n) is 16.8. The summed E-state index contributed by atoms with van der Waals surface area (Å²) in [4.78, 5) is 28.6. The van der Waals surface area contributed by atoms with Gasteiger partial charge in [0.1, 0.15) is 0 Å². The molecule has 8 heteroatoms. The second-order valence-electron chi connectivity index (χ2n) is 7.52. The molecule has 2 amide bonds. The van der Waals surface area contributed by atoms with Gasteiger partial charge in [0.05, 0.1) is 20.1 Å². The molecule has 0 atom stereocenters. The molecule has 0 unspecified atom stereocenters. The van der Waals surface area contributed by atoms with Gasteiger partial charge in [0.15, 0.2) is 23.1 Å². The second kappa shape index (κ2) is 7.93. The molecule has 0 bridgehead atoms. The van der Waals surface area contributed by atoms with Crippen LogP contribution in [-0.2, 0) is 17.8 Å². The van der Waals surface area contributed by atoms with E-state index in [-0.39, 0.29) is 30.5 Å². The monoisotopic (exact) mass is 416 g/mol. The van der Waals surface area contributed by atoms with Crippen LogP contribution in [0.2, 0.25) is 0 Å². The van der Waals surface area contributed by atoms with Gasteiger partial charge in [-0.05, 0) is 47.9 Å². The molecule has 0 radical (unpaired) electrons. The van der Waals surface area contributed by atoms with Gasteiger partial charge in [0.25, 0.3) is 5.91 Å². The van der Waals surface area contributed by atoms with Crippen LogP contribution in [0.4, 0.5) is 8.78 Å². The number of likely N-dealkylation sites (tertiary alicyclic amines) is 1. The molecule has 2 aromatic rings. The summed E-state index contributed by atoms with van der Waals surface area (Å²) in [7, 11) is 3.16. The molecule has 2 aliphatic heterocycles. The third-order valence-corrected chi connectivity index (χ3v) is 5.71. The zero-order valence-corrected chi connectivity index (χ0v) is 16.8. The van der Waals surface area contributed by atoms with Crippen molar-refractivity contribution in [3.63, 3.8) is 0 Å². The number of ether oxygens (including phenoxy) is 2. The lowest BCUT2D eigenvalue weighted by atomic mass is 9.94. The normalized spacial score (nSPS) is 16.0. The van der Waals surface area contributed by atoms with Crippen molar-refractivity contribution in [3.05, 3.63) is 58.7 Å². The fraction of sp³-hybridized carbons (Fsp3) is 0.364. The summed E-state index contributed by atoms with van der Waals surface area (Å²) < 4.78 is 37.1. The van der Waals surface area contributed by atoms with E-state index in [1.807, 2.05) is 12.1 Å². The van der Waals surface area contributed by atoms with Crippen LogP contribution >= 0.6 is 0 Å². The van der Waals surface area contributed by atoms with Crippen molar-refractivity contribution in [1.82, 2.24) is 9.80 Å². The van der Waals surface area contributed by atoms with Crippen molar-refractivity contribution in [2.75, 3.05) is 33.9 Å². The topological polar surface area (TPSA) is 59.1 Å². The number of rotatable bonds is 4. The third kappa shape index (κ3) is 3.58. The van der Waals surface area contributed by atoms with Gasteiger partial charge < -0.3 is 19.3 Å². The minimum Gasteiger partial charge on any atom is -0.493 e. The maximum Gasteiger partial charge on any atom is 0.254 e. The van der Waals surface area contributed by atoms with Gasteiger partial charge >= 0.3 is 0 Å². The summed E-state index contributed by atoms with van der Waals surface area (Å²) in [6.07, 6.45) is 0.714. The highest BCUT2D eigenvalue weighted by molar-refractivity contribution is 5.96. The Kier molecular flexibility index (Phi) is 5.32. The van der Waals surface area contributed by atoms with E-state index in [9.17, 15) is 18.4 Å². The molecule has 6 nitrogen and oxygen atoms in total. The largest absolute Gasteiger partial charge is 0.493 e. The Hall–Kier alpha value is -3.16. The highest BCUT2D eigenvalue weighted by Crippen LogP contribution is 2.34. The van der Waals surface area contributed by atoms with Crippen molar-refractivity contribution in [2.45, 2.75) is 13.0 Å². The molecule has 0 aliphatic carbocycles. The number of hydrogen-bond donors (Lipinski definition) is 0. The van der Waals surface area contributed by atoms with Gasteiger partial charge in [0.2, 0.25) is 5.91 Å². The molecule has 1 saturated heterocycles. The van der Waals surface area contributed by atoms with Crippen LogP contribution < -0.4 is 9.47 Å². The lowest BCUT2D eigenvalue weighted by Gasteiger charge is -2.41. The first kappa shape index (κ1) is 20.1. The maximum absolute atomic E-state index is 13.4. The van der Waals surface area contributed by atoms with Gasteiger partial charge in [-0.3, -0.25) is 9.59 Å². The number of hydrogen-bond acceptors (Lipinski definition) is 4. The first-order chi connectivity index (χ1) is 14.4. The van der Waals surface area contributed by atoms with Crippen molar-refractivity contribution < 1.29 is 27.8 Å². The summed E-state index contributed by atoms with van der Waals surface area (Å²) in [6, 6.07) is 6.91. The molecule has 2 heterocycles. The standard InChI is InChI=1S/C22H22F2N2O4/c1-29-19-8-13-5-6-25(10-15(13)9-20(19)30-2)22(28)16-11-26(12-16)21(27)14-3-4-17(23)18(24)7-14/h3-4,7-9,16H,5-6,10-12H2,1-2H3. The fourth-order valence-electron chi connectivity index (χ4n) is 3.94. The van der Waals surface area contributed by atoms with Crippen molar-refractivity contribution in [1.29, 1.82) is 0 Å². The Labute approximate surface area is 173 Å². The van der Waals surface area contributed by atoms with Crippen LogP contribution in [0.15, 0.2) is 30.3 Å². The van der Waals surface area contributed by atoms with E-state index in [4.69, 9.17) is 9.47 Å². The highest BCUT2D eigenvalue weighted by Gasteiger charge is 2.39. The van der Waals surface area contributed by atoms with E-state index in [0.29, 0.717) is 31.0 Å². The first-order valence-corrected chi connectivity index (χ1v) is 9.68. The first-order valence-electron chi connectivity index (χ1n) is 9.68. The van der Waals surface area contributed by atoms with Crippen LogP contribution in [0.3, 0.4) is 0 Å². The Balaban J connectivity index is 1.39. The van der Waals surface area contributed by atoms with E-state index in [1.165, 1.54) is 11.0 Å². The summed E-state index contributed by atoms with van der Waals surface area (Å²) in [5.74, 6) is -1.47. The molecular formula is C22H22F2N2O4. The summed E-state index contributed by atoms with van der Waals surface area (Å²) in [5.41, 5.74) is 2.22. The minimum absolute atomic E-state index is 0.00947. The summed E-state index contributed by atoms with van der Waals surface area (Å²) in [5, 5.41) is 0. The molecule has 0 spiro atoms. The van der Waals surface area contributed by atoms with Gasteiger partial charge in [-0.15, -0.1) is 0 Å². The Bertz CT molecular complexity index is 1000. The Morgan fingerprint density at radius 2 is 1.60 bits per heavy atom. The van der Waals surface area contributed by atoms with Crippen LogP contribution in [-0.4, -0.2) is 55.5 Å². The Morgan fingerprint density at radius 1 is 0.933 bits per heavy atom. The second-order valence-corrected chi connectivity index (χ2v) is 7.52. The lowest BCUT2D eigenvalue weighted by molar-refractivity contribution is -0.140. The number of halogens is 2. The lowest BCUT2D eigenvalue weighted by Crippen LogP contribution is -2.56. The number of benzene rings is 2. The molecular weight excluding hydrogens is 394 g/mol. The highest BCUT2D eigenvalue weighted by atomic mass is 19.2. The summed E-state index contributed by atoms with van der Waals surface area (Å²) in [6.45, 7) is 1.61. The molecule has 1 fully saturated rings. The molecule has 0 saturated carbocycles. The number of fused-ring (bicyclic) bond motifs is 1. The van der Waals surface area contributed by atoms with Crippen molar-refractivity contribution in [3.8, 4) is 11.5 Å². The quantitative estimate of drug-likeness (QED) is 0.769. The predicted molar refractivity (Wildman–Crippen MR) is 104 cm³/mol. The third-order valence-electron chi connectivity index (χ3n) is 5.71. The van der Waals surface area contributed by atoms with E-state index < -0.39 is 17.5 Å². The number of nitrogens with zero attached hydrogens (tertiary/aromatic N) is 2. The van der Waals surface area contributed by atoms with Gasteiger partial charge in [-0.25, -0.2) is 8.78 Å². The van der Waals surface area contributed by atoms with Crippen LogP contribution in [0, 0.1) is 17.6 Å². The van der Waals surface area contributed by atoms with Crippen molar-refractivity contribution >= 4 is 11.8 Å². The fourth-order valence-corrected chi connectivity index (χ4v) is 3.94. The SMILES string of the molecule is COc1cc2c(cc1OC)CN(C(=O)C1CN(C(=O)c3ccc(F)c(F)c3)C1)CC2. The zero-order chi connectivity index (χ0) is 21.4. The van der Waals surface area contributed by atoms with Crippen LogP contribution in [0.1, 0.15) is 21.5 Å². The van der Waals surface area contributed by atoms with E-state index in [0.717, 1.165) is 23.3 Å². The van der Waals surface area contributed by atoms with Gasteiger partial charge in [0, 0.05) is 31.7 Å². The number of amides is 2. The van der Waals surface area contributed by atoms with Gasteiger partial charge in [-0.1, -0.05) is 0 Å². The summed E-state index contributed by atoms with van der Waals surface area (Å²) >= 11 is 0. The molecule has 30 heavy (non-hydrogen) atoms. The molecule has 0 N–H and O–H groups in total. The maximum atomic E-state index is 13.4. The number of carbonyl (C=O) groups excluding carboxylic acids is 2. The average Bonchev–Trinajstić information content (AvgIpc) is 2.72.